The van der Waals surface area contributed by atoms with Gasteiger partial charge in [0, 0.05) is 49.3 Å². The van der Waals surface area contributed by atoms with Gasteiger partial charge in [-0.3, -0.25) is 9.48 Å². The zero-order chi connectivity index (χ0) is 26.6. The van der Waals surface area contributed by atoms with Crippen molar-refractivity contribution in [3.8, 4) is 5.75 Å². The second-order valence-electron chi connectivity index (χ2n) is 10.1. The molecular formula is C26H38N8O3. The van der Waals surface area contributed by atoms with Crippen molar-refractivity contribution in [2.75, 3.05) is 58.4 Å². The molecule has 1 amide bonds. The molecule has 1 aromatic carbocycles. The molecule has 0 bridgehead atoms. The minimum absolute atomic E-state index is 0.0395. The van der Waals surface area contributed by atoms with Crippen molar-refractivity contribution < 1.29 is 14.6 Å². The van der Waals surface area contributed by atoms with Crippen molar-refractivity contribution in [2.24, 2.45) is 5.41 Å². The number of fused-ring (bicyclic) bond motifs is 1. The molecule has 2 aromatic heterocycles. The molecule has 5 N–H and O–H groups in total. The maximum absolute atomic E-state index is 12.9. The molecule has 2 aliphatic heterocycles. The summed E-state index contributed by atoms with van der Waals surface area (Å²) in [5.74, 6) is 1.05. The van der Waals surface area contributed by atoms with Crippen LogP contribution in [0.5, 0.6) is 5.75 Å². The van der Waals surface area contributed by atoms with Gasteiger partial charge in [0.1, 0.15) is 16.8 Å². The summed E-state index contributed by atoms with van der Waals surface area (Å²) in [4.78, 5) is 25.2. The lowest BCUT2D eigenvalue weighted by atomic mass is 9.73. The van der Waals surface area contributed by atoms with E-state index < -0.39 is 0 Å². The maximum Gasteiger partial charge on any atom is 0.254 e. The number of nitrogens with two attached hydrogens (primary N) is 2. The van der Waals surface area contributed by atoms with Crippen LogP contribution in [0.25, 0.3) is 11.0 Å². The van der Waals surface area contributed by atoms with Gasteiger partial charge in [-0.25, -0.2) is 4.98 Å². The molecule has 3 aromatic rings. The zero-order valence-corrected chi connectivity index (χ0v) is 22.0. The molecule has 0 atom stereocenters. The van der Waals surface area contributed by atoms with Gasteiger partial charge < -0.3 is 31.1 Å². The van der Waals surface area contributed by atoms with Gasteiger partial charge in [0.15, 0.2) is 5.82 Å². The molecule has 4 heterocycles. The number of benzene rings is 1. The van der Waals surface area contributed by atoms with Crippen LogP contribution in [0.2, 0.25) is 0 Å². The SMILES string of the molecule is CCCCCCO.COc1cc(C(=O)N2CC3(CN(C)C3)C2)ccc1Cn1ncc2nc(N)nc(N)c21. The highest BCUT2D eigenvalue weighted by atomic mass is 16.5. The summed E-state index contributed by atoms with van der Waals surface area (Å²) >= 11 is 0. The Morgan fingerprint density at radius 1 is 1.14 bits per heavy atom. The Bertz CT molecular complexity index is 1230. The van der Waals surface area contributed by atoms with E-state index in [0.29, 0.717) is 40.9 Å². The average Bonchev–Trinajstić information content (AvgIpc) is 3.23. The van der Waals surface area contributed by atoms with Crippen molar-refractivity contribution in [3.05, 3.63) is 35.5 Å². The van der Waals surface area contributed by atoms with Crippen LogP contribution in [-0.4, -0.2) is 87.5 Å². The fourth-order valence-electron chi connectivity index (χ4n) is 5.26. The second kappa shape index (κ2) is 11.3. The third kappa shape index (κ3) is 5.78. The van der Waals surface area contributed by atoms with Gasteiger partial charge in [0.05, 0.1) is 19.9 Å². The summed E-state index contributed by atoms with van der Waals surface area (Å²) in [7, 11) is 3.70. The van der Waals surface area contributed by atoms with Gasteiger partial charge in [-0.1, -0.05) is 32.3 Å². The van der Waals surface area contributed by atoms with Crippen LogP contribution < -0.4 is 16.2 Å². The summed E-state index contributed by atoms with van der Waals surface area (Å²) in [6, 6.07) is 5.52. The number of methoxy groups -OCH3 is 1. The van der Waals surface area contributed by atoms with E-state index >= 15 is 0 Å². The number of carbonyl (C=O) groups excluding carboxylic acids is 1. The minimum Gasteiger partial charge on any atom is -0.496 e. The first-order valence-corrected chi connectivity index (χ1v) is 12.8. The third-order valence-electron chi connectivity index (χ3n) is 6.95. The highest BCUT2D eigenvalue weighted by Crippen LogP contribution is 2.39. The number of aliphatic hydroxyl groups excluding tert-OH is 1. The highest BCUT2D eigenvalue weighted by Gasteiger charge is 2.51. The molecule has 200 valence electrons. The van der Waals surface area contributed by atoms with E-state index in [1.54, 1.807) is 24.1 Å². The monoisotopic (exact) mass is 510 g/mol. The quantitative estimate of drug-likeness (QED) is 0.387. The molecule has 2 fully saturated rings. The fraction of sp³-hybridized carbons (Fsp3) is 0.538. The van der Waals surface area contributed by atoms with E-state index in [1.807, 2.05) is 17.0 Å². The van der Waals surface area contributed by atoms with E-state index in [0.717, 1.165) is 38.2 Å². The molecule has 0 unspecified atom stereocenters. The van der Waals surface area contributed by atoms with Crippen LogP contribution in [0.15, 0.2) is 24.4 Å². The van der Waals surface area contributed by atoms with Gasteiger partial charge >= 0.3 is 0 Å². The number of hydrogen-bond donors (Lipinski definition) is 3. The lowest BCUT2D eigenvalue weighted by Gasteiger charge is -2.59. The summed E-state index contributed by atoms with van der Waals surface area (Å²) in [6.45, 7) is 6.70. The number of aromatic nitrogens is 4. The Morgan fingerprint density at radius 2 is 1.89 bits per heavy atom. The first kappa shape index (κ1) is 26.6. The van der Waals surface area contributed by atoms with E-state index in [4.69, 9.17) is 21.3 Å². The Hall–Kier alpha value is -3.44. The Labute approximate surface area is 217 Å². The molecule has 11 heteroatoms. The van der Waals surface area contributed by atoms with Crippen molar-refractivity contribution in [3.63, 3.8) is 0 Å². The molecule has 1 spiro atoms. The molecule has 0 radical (unpaired) electrons. The molecular weight excluding hydrogens is 472 g/mol. The predicted octanol–water partition coefficient (Wildman–Crippen LogP) is 1.99. The molecule has 0 saturated carbocycles. The van der Waals surface area contributed by atoms with E-state index in [-0.39, 0.29) is 17.7 Å². The van der Waals surface area contributed by atoms with Crippen molar-refractivity contribution in [2.45, 2.75) is 39.2 Å². The van der Waals surface area contributed by atoms with Gasteiger partial charge in [-0.05, 0) is 25.6 Å². The molecule has 2 saturated heterocycles. The lowest BCUT2D eigenvalue weighted by molar-refractivity contribution is -0.0872. The van der Waals surface area contributed by atoms with Gasteiger partial charge in [0.25, 0.3) is 5.91 Å². The lowest BCUT2D eigenvalue weighted by Crippen LogP contribution is -2.72. The number of amides is 1. The van der Waals surface area contributed by atoms with Gasteiger partial charge in [-0.15, -0.1) is 0 Å². The maximum atomic E-state index is 12.9. The number of anilines is 2. The smallest absolute Gasteiger partial charge is 0.254 e. The number of nitrogen functional groups attached to an aromatic ring is 2. The Kier molecular flexibility index (Phi) is 8.13. The van der Waals surface area contributed by atoms with Crippen LogP contribution in [0.3, 0.4) is 0 Å². The average molecular weight is 511 g/mol. The van der Waals surface area contributed by atoms with Crippen molar-refractivity contribution in [1.82, 2.24) is 29.5 Å². The van der Waals surface area contributed by atoms with E-state index in [1.165, 1.54) is 19.3 Å². The highest BCUT2D eigenvalue weighted by molar-refractivity contribution is 5.95. The first-order chi connectivity index (χ1) is 17.8. The Morgan fingerprint density at radius 3 is 2.54 bits per heavy atom. The normalized spacial score (nSPS) is 16.2. The molecule has 5 rings (SSSR count). The predicted molar refractivity (Wildman–Crippen MR) is 143 cm³/mol. The molecule has 2 aliphatic rings. The van der Waals surface area contributed by atoms with Crippen LogP contribution in [0.1, 0.15) is 48.5 Å². The topological polar surface area (TPSA) is 149 Å². The number of carbonyl (C=O) groups is 1. The number of hydrogen-bond acceptors (Lipinski definition) is 9. The van der Waals surface area contributed by atoms with E-state index in [9.17, 15) is 4.79 Å². The van der Waals surface area contributed by atoms with Gasteiger partial charge in [0.2, 0.25) is 5.95 Å². The number of ether oxygens (including phenoxy) is 1. The summed E-state index contributed by atoms with van der Waals surface area (Å²) in [5, 5.41) is 12.7. The van der Waals surface area contributed by atoms with E-state index in [2.05, 4.69) is 33.9 Å². The van der Waals surface area contributed by atoms with Crippen molar-refractivity contribution in [1.29, 1.82) is 0 Å². The number of rotatable bonds is 8. The standard InChI is InChI=1S/C20H24N8O2.C6H14O/c1-26-8-20(9-26)10-27(11-20)18(29)12-3-4-13(15(5-12)30-2)7-28-16-14(6-23-28)24-19(22)25-17(16)21;1-2-3-4-5-6-7/h3-6H,7-11H2,1-2H3,(H4,21,22,24,25);7H,2-6H2,1H3. The van der Waals surface area contributed by atoms with Crippen LogP contribution in [0.4, 0.5) is 11.8 Å². The first-order valence-electron chi connectivity index (χ1n) is 12.8. The molecule has 11 nitrogen and oxygen atoms in total. The van der Waals surface area contributed by atoms with Crippen LogP contribution >= 0.6 is 0 Å². The largest absolute Gasteiger partial charge is 0.496 e. The number of likely N-dealkylation sites (tertiary alicyclic amines) is 2. The number of aliphatic hydroxyl groups is 1. The Balaban J connectivity index is 0.000000405. The summed E-state index contributed by atoms with van der Waals surface area (Å²) < 4.78 is 7.27. The van der Waals surface area contributed by atoms with Crippen LogP contribution in [-0.2, 0) is 6.54 Å². The fourth-order valence-corrected chi connectivity index (χ4v) is 5.26. The second-order valence-corrected chi connectivity index (χ2v) is 10.1. The minimum atomic E-state index is 0.0395. The molecule has 37 heavy (non-hydrogen) atoms. The molecule has 0 aliphatic carbocycles. The van der Waals surface area contributed by atoms with Crippen LogP contribution in [0, 0.1) is 5.41 Å². The zero-order valence-electron chi connectivity index (χ0n) is 22.0. The summed E-state index contributed by atoms with van der Waals surface area (Å²) in [5.41, 5.74) is 14.7. The summed E-state index contributed by atoms with van der Waals surface area (Å²) in [6.07, 6.45) is 6.28. The number of nitrogens with zero attached hydrogens (tertiary/aromatic N) is 6. The van der Waals surface area contributed by atoms with Crippen molar-refractivity contribution >= 4 is 28.7 Å². The van der Waals surface area contributed by atoms with Gasteiger partial charge in [-0.2, -0.15) is 10.1 Å². The third-order valence-corrected chi connectivity index (χ3v) is 6.95. The number of unbranched alkanes of at least 4 members (excludes halogenated alkanes) is 3.